The normalized spacial score (nSPS) is 24.9. The minimum absolute atomic E-state index is 0.317. The average molecular weight is 310 g/mol. The number of hydrogen-bond acceptors (Lipinski definition) is 3. The van der Waals surface area contributed by atoms with Crippen LogP contribution in [-0.4, -0.2) is 56.3 Å². The van der Waals surface area contributed by atoms with Gasteiger partial charge in [-0.3, -0.25) is 9.89 Å². The van der Waals surface area contributed by atoms with Crippen LogP contribution in [0, 0.1) is 5.41 Å². The lowest BCUT2D eigenvalue weighted by atomic mass is 9.73. The molecule has 0 aromatic rings. The fraction of sp³-hybridized carbons (Fsp3) is 0.941. The van der Waals surface area contributed by atoms with Gasteiger partial charge in [-0.1, -0.05) is 26.2 Å². The fourth-order valence-corrected chi connectivity index (χ4v) is 3.55. The molecule has 128 valence electrons. The molecular weight excluding hydrogens is 276 g/mol. The van der Waals surface area contributed by atoms with E-state index in [9.17, 15) is 0 Å². The standard InChI is InChI=1S/C17H34N4O/c1-3-15(2)20-16(18)19-13-17(7-5-4-6-8-17)14-21-9-11-22-12-10-21/h15H,3-14H2,1-2H3,(H3,18,19,20). The summed E-state index contributed by atoms with van der Waals surface area (Å²) in [6, 6.07) is 0.394. The highest BCUT2D eigenvalue weighted by atomic mass is 16.5. The van der Waals surface area contributed by atoms with Crippen LogP contribution < -0.4 is 11.1 Å². The first-order valence-corrected chi connectivity index (χ1v) is 9.00. The largest absolute Gasteiger partial charge is 0.379 e. The van der Waals surface area contributed by atoms with Gasteiger partial charge in [0.15, 0.2) is 5.96 Å². The highest BCUT2D eigenvalue weighted by Gasteiger charge is 2.34. The van der Waals surface area contributed by atoms with Crippen molar-refractivity contribution in [3.05, 3.63) is 0 Å². The number of aliphatic imine (C=N–C) groups is 1. The Hall–Kier alpha value is -0.810. The van der Waals surface area contributed by atoms with Gasteiger partial charge in [-0.05, 0) is 26.2 Å². The Morgan fingerprint density at radius 2 is 1.95 bits per heavy atom. The van der Waals surface area contributed by atoms with Gasteiger partial charge in [0.05, 0.1) is 13.2 Å². The minimum atomic E-state index is 0.317. The zero-order chi connectivity index (χ0) is 15.8. The molecule has 1 saturated heterocycles. The Balaban J connectivity index is 1.94. The van der Waals surface area contributed by atoms with Crippen LogP contribution in [0.15, 0.2) is 4.99 Å². The Kier molecular flexibility index (Phi) is 6.96. The topological polar surface area (TPSA) is 62.9 Å². The fourth-order valence-electron chi connectivity index (χ4n) is 3.55. The Labute approximate surface area is 135 Å². The van der Waals surface area contributed by atoms with Crippen molar-refractivity contribution >= 4 is 5.96 Å². The zero-order valence-electron chi connectivity index (χ0n) is 14.4. The summed E-state index contributed by atoms with van der Waals surface area (Å²) < 4.78 is 5.48. The van der Waals surface area contributed by atoms with Gasteiger partial charge in [-0.25, -0.2) is 0 Å². The second-order valence-corrected chi connectivity index (χ2v) is 7.10. The van der Waals surface area contributed by atoms with Gasteiger partial charge in [0.1, 0.15) is 0 Å². The number of nitrogens with one attached hydrogen (secondary N) is 1. The monoisotopic (exact) mass is 310 g/mol. The Morgan fingerprint density at radius 3 is 2.59 bits per heavy atom. The van der Waals surface area contributed by atoms with E-state index < -0.39 is 0 Å². The zero-order valence-corrected chi connectivity index (χ0v) is 14.4. The lowest BCUT2D eigenvalue weighted by molar-refractivity contribution is 0.00938. The van der Waals surface area contributed by atoms with Crippen molar-refractivity contribution in [3.63, 3.8) is 0 Å². The third kappa shape index (κ3) is 5.43. The van der Waals surface area contributed by atoms with Gasteiger partial charge in [-0.2, -0.15) is 0 Å². The van der Waals surface area contributed by atoms with Gasteiger partial charge < -0.3 is 15.8 Å². The molecule has 0 aromatic heterocycles. The lowest BCUT2D eigenvalue weighted by Gasteiger charge is -2.41. The molecular formula is C17H34N4O. The number of hydrogen-bond donors (Lipinski definition) is 2. The summed E-state index contributed by atoms with van der Waals surface area (Å²) in [5.41, 5.74) is 6.38. The smallest absolute Gasteiger partial charge is 0.188 e. The second kappa shape index (κ2) is 8.73. The summed E-state index contributed by atoms with van der Waals surface area (Å²) in [5, 5.41) is 3.28. The van der Waals surface area contributed by atoms with Crippen molar-refractivity contribution < 1.29 is 4.74 Å². The second-order valence-electron chi connectivity index (χ2n) is 7.10. The molecule has 3 N–H and O–H groups in total. The molecule has 2 rings (SSSR count). The van der Waals surface area contributed by atoms with E-state index in [0.717, 1.165) is 45.8 Å². The maximum absolute atomic E-state index is 6.06. The van der Waals surface area contributed by atoms with Crippen LogP contribution in [-0.2, 0) is 4.74 Å². The molecule has 5 nitrogen and oxygen atoms in total. The molecule has 0 bridgehead atoms. The molecule has 1 atom stereocenters. The summed E-state index contributed by atoms with van der Waals surface area (Å²) in [5.74, 6) is 0.612. The number of ether oxygens (including phenoxy) is 1. The summed E-state index contributed by atoms with van der Waals surface area (Å²) in [4.78, 5) is 7.26. The van der Waals surface area contributed by atoms with Gasteiger partial charge in [-0.15, -0.1) is 0 Å². The molecule has 0 spiro atoms. The van der Waals surface area contributed by atoms with Crippen molar-refractivity contribution in [3.8, 4) is 0 Å². The van der Waals surface area contributed by atoms with E-state index in [4.69, 9.17) is 15.5 Å². The van der Waals surface area contributed by atoms with Crippen molar-refractivity contribution in [1.82, 2.24) is 10.2 Å². The average Bonchev–Trinajstić information content (AvgIpc) is 2.55. The van der Waals surface area contributed by atoms with Crippen LogP contribution in [0.1, 0.15) is 52.4 Å². The van der Waals surface area contributed by atoms with E-state index in [1.165, 1.54) is 32.1 Å². The van der Waals surface area contributed by atoms with E-state index in [1.807, 2.05) is 0 Å². The molecule has 0 radical (unpaired) electrons. The van der Waals surface area contributed by atoms with Crippen LogP contribution >= 0.6 is 0 Å². The van der Waals surface area contributed by atoms with Gasteiger partial charge in [0.2, 0.25) is 0 Å². The highest BCUT2D eigenvalue weighted by Crippen LogP contribution is 2.37. The van der Waals surface area contributed by atoms with Gasteiger partial charge in [0, 0.05) is 37.6 Å². The van der Waals surface area contributed by atoms with Crippen molar-refractivity contribution in [2.75, 3.05) is 39.4 Å². The molecule has 0 aromatic carbocycles. The molecule has 5 heteroatoms. The molecule has 1 aliphatic heterocycles. The summed E-state index contributed by atoms with van der Waals surface area (Å²) in [7, 11) is 0. The maximum atomic E-state index is 6.06. The summed E-state index contributed by atoms with van der Waals surface area (Å²) >= 11 is 0. The SMILES string of the molecule is CCC(C)NC(N)=NCC1(CN2CCOCC2)CCCCC1. The summed E-state index contributed by atoms with van der Waals surface area (Å²) in [6.07, 6.45) is 7.66. The summed E-state index contributed by atoms with van der Waals surface area (Å²) in [6.45, 7) is 10.2. The van der Waals surface area contributed by atoms with Gasteiger partial charge in [0.25, 0.3) is 0 Å². The molecule has 1 unspecified atom stereocenters. The molecule has 2 fully saturated rings. The number of morpholine rings is 1. The quantitative estimate of drug-likeness (QED) is 0.581. The van der Waals surface area contributed by atoms with Crippen molar-refractivity contribution in [2.24, 2.45) is 16.1 Å². The van der Waals surface area contributed by atoms with Gasteiger partial charge >= 0.3 is 0 Å². The van der Waals surface area contributed by atoms with E-state index >= 15 is 0 Å². The van der Waals surface area contributed by atoms with Crippen LogP contribution in [0.4, 0.5) is 0 Å². The minimum Gasteiger partial charge on any atom is -0.379 e. The first kappa shape index (κ1) is 17.5. The molecule has 1 saturated carbocycles. The molecule has 1 heterocycles. The number of guanidine groups is 1. The third-order valence-corrected chi connectivity index (χ3v) is 5.17. The molecule has 0 amide bonds. The molecule has 2 aliphatic rings. The predicted octanol–water partition coefficient (Wildman–Crippen LogP) is 1.97. The van der Waals surface area contributed by atoms with E-state index in [2.05, 4.69) is 24.1 Å². The number of nitrogens with two attached hydrogens (primary N) is 1. The maximum Gasteiger partial charge on any atom is 0.188 e. The van der Waals surface area contributed by atoms with E-state index in [0.29, 0.717) is 17.4 Å². The van der Waals surface area contributed by atoms with E-state index in [1.54, 1.807) is 0 Å². The van der Waals surface area contributed by atoms with E-state index in [-0.39, 0.29) is 0 Å². The Bertz CT molecular complexity index is 347. The first-order chi connectivity index (χ1) is 10.6. The molecule has 22 heavy (non-hydrogen) atoms. The van der Waals surface area contributed by atoms with Crippen LogP contribution in [0.5, 0.6) is 0 Å². The molecule has 1 aliphatic carbocycles. The Morgan fingerprint density at radius 1 is 1.27 bits per heavy atom. The van der Waals surface area contributed by atoms with Crippen LogP contribution in [0.2, 0.25) is 0 Å². The van der Waals surface area contributed by atoms with Crippen molar-refractivity contribution in [2.45, 2.75) is 58.4 Å². The highest BCUT2D eigenvalue weighted by molar-refractivity contribution is 5.78. The first-order valence-electron chi connectivity index (χ1n) is 9.00. The predicted molar refractivity (Wildman–Crippen MR) is 92.2 cm³/mol. The van der Waals surface area contributed by atoms with Crippen molar-refractivity contribution in [1.29, 1.82) is 0 Å². The van der Waals surface area contributed by atoms with Crippen LogP contribution in [0.25, 0.3) is 0 Å². The third-order valence-electron chi connectivity index (χ3n) is 5.17. The number of rotatable bonds is 6. The van der Waals surface area contributed by atoms with Crippen LogP contribution in [0.3, 0.4) is 0 Å². The lowest BCUT2D eigenvalue weighted by Crippen LogP contribution is -2.46. The number of nitrogens with zero attached hydrogens (tertiary/aromatic N) is 2.